The third-order valence-electron chi connectivity index (χ3n) is 2.54. The number of urea groups is 1. The topological polar surface area (TPSA) is 78.4 Å². The Bertz CT molecular complexity index is 552. The van der Waals surface area contributed by atoms with Crippen LogP contribution in [0.5, 0.6) is 0 Å². The number of rotatable bonds is 5. The maximum atomic E-state index is 11.8. The number of hydrogen-bond donors (Lipinski definition) is 3. The summed E-state index contributed by atoms with van der Waals surface area (Å²) >= 11 is 3.23. The molecule has 2 amide bonds. The molecule has 1 aromatic rings. The summed E-state index contributed by atoms with van der Waals surface area (Å²) in [7, 11) is 0. The number of carbonyl (C=O) groups excluding carboxylic acids is 1. The summed E-state index contributed by atoms with van der Waals surface area (Å²) < 4.78 is 0.667. The van der Waals surface area contributed by atoms with E-state index in [1.807, 2.05) is 6.92 Å². The Morgan fingerprint density at radius 2 is 2.20 bits per heavy atom. The summed E-state index contributed by atoms with van der Waals surface area (Å²) in [5, 5.41) is 14.2. The molecule has 1 rings (SSSR count). The van der Waals surface area contributed by atoms with Crippen molar-refractivity contribution in [1.82, 2.24) is 5.32 Å². The van der Waals surface area contributed by atoms with Crippen LogP contribution in [0.1, 0.15) is 30.1 Å². The second kappa shape index (κ2) is 7.56. The number of terminal acetylenes is 1. The summed E-state index contributed by atoms with van der Waals surface area (Å²) in [5.41, 5.74) is 0.216. The van der Waals surface area contributed by atoms with Crippen molar-refractivity contribution in [3.05, 3.63) is 28.2 Å². The summed E-state index contributed by atoms with van der Waals surface area (Å²) in [5.74, 6) is 1.36. The van der Waals surface area contributed by atoms with Gasteiger partial charge in [0.25, 0.3) is 0 Å². The minimum absolute atomic E-state index is 0.0103. The number of anilines is 1. The van der Waals surface area contributed by atoms with Crippen molar-refractivity contribution in [2.75, 3.05) is 5.32 Å². The van der Waals surface area contributed by atoms with E-state index in [2.05, 4.69) is 32.5 Å². The lowest BCUT2D eigenvalue weighted by Crippen LogP contribution is -2.37. The molecule has 1 aromatic carbocycles. The largest absolute Gasteiger partial charge is 0.478 e. The number of carbonyl (C=O) groups is 2. The van der Waals surface area contributed by atoms with Gasteiger partial charge in [-0.3, -0.25) is 0 Å². The molecule has 0 aliphatic heterocycles. The Balaban J connectivity index is 2.82. The Labute approximate surface area is 125 Å². The zero-order valence-electron chi connectivity index (χ0n) is 10.9. The van der Waals surface area contributed by atoms with Crippen LogP contribution in [0.25, 0.3) is 0 Å². The zero-order chi connectivity index (χ0) is 15.1. The molecule has 1 atom stereocenters. The Morgan fingerprint density at radius 1 is 1.50 bits per heavy atom. The van der Waals surface area contributed by atoms with Crippen LogP contribution in [0.4, 0.5) is 10.5 Å². The second-order valence-electron chi connectivity index (χ2n) is 4.10. The van der Waals surface area contributed by atoms with Crippen LogP contribution in [0, 0.1) is 12.3 Å². The van der Waals surface area contributed by atoms with Crippen molar-refractivity contribution in [2.45, 2.75) is 25.8 Å². The summed E-state index contributed by atoms with van der Waals surface area (Å²) in [4.78, 5) is 22.9. The Hall–Kier alpha value is -2.00. The maximum Gasteiger partial charge on any atom is 0.337 e. The van der Waals surface area contributed by atoms with Crippen molar-refractivity contribution in [3.8, 4) is 12.3 Å². The van der Waals surface area contributed by atoms with Crippen molar-refractivity contribution in [2.24, 2.45) is 0 Å². The third-order valence-corrected chi connectivity index (χ3v) is 3.04. The molecule has 3 N–H and O–H groups in total. The average molecular weight is 339 g/mol. The lowest BCUT2D eigenvalue weighted by Gasteiger charge is -2.14. The fraction of sp³-hybridized carbons (Fsp3) is 0.286. The van der Waals surface area contributed by atoms with E-state index >= 15 is 0 Å². The number of halogens is 1. The maximum absolute atomic E-state index is 11.8. The number of nitrogens with one attached hydrogen (secondary N) is 2. The molecule has 0 heterocycles. The third kappa shape index (κ3) is 4.59. The predicted octanol–water partition coefficient (Wildman–Crippen LogP) is 3.07. The molecule has 106 valence electrons. The van der Waals surface area contributed by atoms with Gasteiger partial charge < -0.3 is 15.7 Å². The van der Waals surface area contributed by atoms with Crippen LogP contribution in [0.15, 0.2) is 22.7 Å². The first kappa shape index (κ1) is 16.1. The van der Waals surface area contributed by atoms with Gasteiger partial charge >= 0.3 is 12.0 Å². The van der Waals surface area contributed by atoms with Crippen molar-refractivity contribution < 1.29 is 14.7 Å². The highest BCUT2D eigenvalue weighted by atomic mass is 79.9. The van der Waals surface area contributed by atoms with E-state index in [0.717, 1.165) is 6.42 Å². The molecule has 0 saturated heterocycles. The van der Waals surface area contributed by atoms with Crippen molar-refractivity contribution in [1.29, 1.82) is 0 Å². The smallest absolute Gasteiger partial charge is 0.337 e. The quantitative estimate of drug-likeness (QED) is 0.722. The molecule has 0 spiro atoms. The van der Waals surface area contributed by atoms with Crippen LogP contribution >= 0.6 is 15.9 Å². The monoisotopic (exact) mass is 338 g/mol. The van der Waals surface area contributed by atoms with E-state index in [0.29, 0.717) is 10.9 Å². The minimum atomic E-state index is -1.12. The fourth-order valence-electron chi connectivity index (χ4n) is 1.61. The number of carboxylic acids is 1. The van der Waals surface area contributed by atoms with Gasteiger partial charge in [-0.25, -0.2) is 9.59 Å². The molecule has 6 heteroatoms. The number of benzene rings is 1. The fourth-order valence-corrected chi connectivity index (χ4v) is 1.97. The van der Waals surface area contributed by atoms with Gasteiger partial charge in [0.2, 0.25) is 0 Å². The van der Waals surface area contributed by atoms with Gasteiger partial charge in [0.05, 0.1) is 17.3 Å². The first-order chi connectivity index (χ1) is 9.47. The lowest BCUT2D eigenvalue weighted by atomic mass is 10.1. The van der Waals surface area contributed by atoms with Gasteiger partial charge in [-0.05, 0) is 24.6 Å². The SMILES string of the molecule is C#CC(CCC)NC(=O)Nc1cc(Br)ccc1C(=O)O. The van der Waals surface area contributed by atoms with Gasteiger partial charge in [0.15, 0.2) is 0 Å². The number of hydrogen-bond acceptors (Lipinski definition) is 2. The number of aromatic carboxylic acids is 1. The molecule has 0 aliphatic carbocycles. The van der Waals surface area contributed by atoms with Gasteiger partial charge in [0, 0.05) is 4.47 Å². The predicted molar refractivity (Wildman–Crippen MR) is 80.8 cm³/mol. The van der Waals surface area contributed by atoms with E-state index < -0.39 is 12.0 Å². The van der Waals surface area contributed by atoms with E-state index in [9.17, 15) is 9.59 Å². The Kier molecular flexibility index (Phi) is 6.07. The summed E-state index contributed by atoms with van der Waals surface area (Å²) in [6.45, 7) is 1.96. The van der Waals surface area contributed by atoms with Crippen molar-refractivity contribution >= 4 is 33.6 Å². The normalized spacial score (nSPS) is 11.2. The molecule has 0 bridgehead atoms. The van der Waals surface area contributed by atoms with Gasteiger partial charge in [-0.2, -0.15) is 0 Å². The minimum Gasteiger partial charge on any atom is -0.478 e. The standard InChI is InChI=1S/C14H15BrN2O3/c1-3-5-10(4-2)16-14(20)17-12-8-9(15)6-7-11(12)13(18)19/h2,6-8,10H,3,5H2,1H3,(H,18,19)(H2,16,17,20). The van der Waals surface area contributed by atoms with E-state index in [1.54, 1.807) is 6.07 Å². The summed E-state index contributed by atoms with van der Waals surface area (Å²) in [6, 6.07) is 3.62. The highest BCUT2D eigenvalue weighted by Crippen LogP contribution is 2.21. The van der Waals surface area contributed by atoms with Crippen molar-refractivity contribution in [3.63, 3.8) is 0 Å². The highest BCUT2D eigenvalue weighted by Gasteiger charge is 2.14. The molecule has 20 heavy (non-hydrogen) atoms. The van der Waals surface area contributed by atoms with E-state index in [-0.39, 0.29) is 17.3 Å². The summed E-state index contributed by atoms with van der Waals surface area (Å²) in [6.07, 6.45) is 6.81. The Morgan fingerprint density at radius 3 is 2.75 bits per heavy atom. The van der Waals surface area contributed by atoms with Crippen LogP contribution < -0.4 is 10.6 Å². The highest BCUT2D eigenvalue weighted by molar-refractivity contribution is 9.10. The van der Waals surface area contributed by atoms with Gasteiger partial charge in [-0.1, -0.05) is 35.2 Å². The van der Waals surface area contributed by atoms with Crippen LogP contribution in [0.3, 0.4) is 0 Å². The van der Waals surface area contributed by atoms with Gasteiger partial charge in [0.1, 0.15) is 0 Å². The zero-order valence-corrected chi connectivity index (χ0v) is 12.5. The molecular weight excluding hydrogens is 324 g/mol. The number of carboxylic acid groups (broad SMARTS) is 1. The molecule has 1 unspecified atom stereocenters. The van der Waals surface area contributed by atoms with Crippen LogP contribution in [-0.4, -0.2) is 23.1 Å². The first-order valence-electron chi connectivity index (χ1n) is 6.04. The van der Waals surface area contributed by atoms with E-state index in [4.69, 9.17) is 11.5 Å². The molecule has 0 radical (unpaired) electrons. The molecule has 0 saturated carbocycles. The molecule has 0 fully saturated rings. The first-order valence-corrected chi connectivity index (χ1v) is 6.83. The van der Waals surface area contributed by atoms with E-state index in [1.165, 1.54) is 12.1 Å². The molecular formula is C14H15BrN2O3. The average Bonchev–Trinajstić information content (AvgIpc) is 2.37. The van der Waals surface area contributed by atoms with Crippen LogP contribution in [-0.2, 0) is 0 Å². The second-order valence-corrected chi connectivity index (χ2v) is 5.02. The van der Waals surface area contributed by atoms with Crippen LogP contribution in [0.2, 0.25) is 0 Å². The molecule has 5 nitrogen and oxygen atoms in total. The molecule has 0 aromatic heterocycles. The number of amides is 2. The molecule has 0 aliphatic rings. The lowest BCUT2D eigenvalue weighted by molar-refractivity contribution is 0.0698. The van der Waals surface area contributed by atoms with Gasteiger partial charge in [-0.15, -0.1) is 6.42 Å².